The third-order valence-corrected chi connectivity index (χ3v) is 5.86. The lowest BCUT2D eigenvalue weighted by molar-refractivity contribution is -0.117. The van der Waals surface area contributed by atoms with E-state index in [-0.39, 0.29) is 35.3 Å². The van der Waals surface area contributed by atoms with E-state index in [9.17, 15) is 19.2 Å². The van der Waals surface area contributed by atoms with Crippen molar-refractivity contribution in [2.45, 2.75) is 60.2 Å². The summed E-state index contributed by atoms with van der Waals surface area (Å²) in [5, 5.41) is 10.3. The van der Waals surface area contributed by atoms with E-state index in [1.807, 2.05) is 52.8 Å². The van der Waals surface area contributed by atoms with E-state index < -0.39 is 11.6 Å². The van der Waals surface area contributed by atoms with E-state index in [0.717, 1.165) is 15.8 Å². The van der Waals surface area contributed by atoms with Crippen LogP contribution in [0, 0.1) is 13.8 Å². The number of aromatic nitrogens is 4. The van der Waals surface area contributed by atoms with E-state index in [1.54, 1.807) is 12.1 Å². The third kappa shape index (κ3) is 4.66. The molecule has 188 valence electrons. The summed E-state index contributed by atoms with van der Waals surface area (Å²) in [5.41, 5.74) is 2.33. The lowest BCUT2D eigenvalue weighted by Crippen LogP contribution is -2.31. The predicted octanol–water partition coefficient (Wildman–Crippen LogP) is 2.61. The summed E-state index contributed by atoms with van der Waals surface area (Å²) in [6.45, 7) is 9.48. The van der Waals surface area contributed by atoms with Gasteiger partial charge in [-0.3, -0.25) is 19.0 Å². The molecule has 2 aromatic carbocycles. The highest BCUT2D eigenvalue weighted by Gasteiger charge is 2.20. The molecule has 0 bridgehead atoms. The van der Waals surface area contributed by atoms with Crippen LogP contribution in [0.15, 0.2) is 46.0 Å². The lowest BCUT2D eigenvalue weighted by Gasteiger charge is -2.11. The smallest absolute Gasteiger partial charge is 0.350 e. The Morgan fingerprint density at radius 2 is 1.81 bits per heavy atom. The molecule has 0 atom stereocenters. The van der Waals surface area contributed by atoms with E-state index >= 15 is 0 Å². The fourth-order valence-corrected chi connectivity index (χ4v) is 4.21. The summed E-state index contributed by atoms with van der Waals surface area (Å²) in [5.74, 6) is -0.607. The molecule has 2 aromatic heterocycles. The Kier molecular flexibility index (Phi) is 6.78. The number of nitrogens with one attached hydrogen (secondary N) is 2. The molecule has 10 heteroatoms. The predicted molar refractivity (Wildman–Crippen MR) is 139 cm³/mol. The zero-order chi connectivity index (χ0) is 26.1. The largest absolute Gasteiger partial charge is 0.352 e. The fraction of sp³-hybridized carbons (Fsp3) is 0.346. The van der Waals surface area contributed by atoms with Gasteiger partial charge in [0.1, 0.15) is 6.54 Å². The van der Waals surface area contributed by atoms with Crippen molar-refractivity contribution >= 4 is 34.2 Å². The number of anilines is 1. The maximum absolute atomic E-state index is 13.4. The number of fused-ring (bicyclic) bond motifs is 3. The first-order valence-corrected chi connectivity index (χ1v) is 11.9. The monoisotopic (exact) mass is 490 g/mol. The van der Waals surface area contributed by atoms with Crippen molar-refractivity contribution < 1.29 is 9.59 Å². The number of aryl methyl sites for hydroxylation is 3. The van der Waals surface area contributed by atoms with Crippen LogP contribution in [0.3, 0.4) is 0 Å². The van der Waals surface area contributed by atoms with E-state index in [4.69, 9.17) is 0 Å². The second-order valence-electron chi connectivity index (χ2n) is 9.26. The minimum atomic E-state index is -0.572. The van der Waals surface area contributed by atoms with Crippen LogP contribution < -0.4 is 21.9 Å². The summed E-state index contributed by atoms with van der Waals surface area (Å²) in [4.78, 5) is 52.1. The Hall–Kier alpha value is -4.21. The van der Waals surface area contributed by atoms with Gasteiger partial charge in [0, 0.05) is 23.8 Å². The van der Waals surface area contributed by atoms with Crippen LogP contribution in [0.4, 0.5) is 5.69 Å². The second kappa shape index (κ2) is 9.80. The number of amides is 2. The molecule has 0 saturated heterocycles. The van der Waals surface area contributed by atoms with Gasteiger partial charge in [0.25, 0.3) is 11.5 Å². The number of carbonyl (C=O) groups is 2. The number of benzene rings is 2. The molecule has 4 rings (SSSR count). The first-order valence-electron chi connectivity index (χ1n) is 11.9. The normalized spacial score (nSPS) is 11.4. The van der Waals surface area contributed by atoms with Crippen molar-refractivity contribution in [1.82, 2.24) is 24.1 Å². The number of hydrogen-bond acceptors (Lipinski definition) is 5. The molecule has 0 radical (unpaired) electrons. The van der Waals surface area contributed by atoms with Crippen molar-refractivity contribution in [3.8, 4) is 0 Å². The van der Waals surface area contributed by atoms with Crippen LogP contribution in [0.2, 0.25) is 0 Å². The van der Waals surface area contributed by atoms with Crippen LogP contribution >= 0.6 is 0 Å². The maximum Gasteiger partial charge on any atom is 0.352 e. The van der Waals surface area contributed by atoms with Crippen LogP contribution in [-0.2, 0) is 17.9 Å². The topological polar surface area (TPSA) is 120 Å². The Bertz CT molecular complexity index is 1610. The van der Waals surface area contributed by atoms with Gasteiger partial charge in [-0.25, -0.2) is 13.9 Å². The minimum absolute atomic E-state index is 0.0769. The molecule has 0 spiro atoms. The number of carbonyl (C=O) groups excluding carboxylic acids is 2. The van der Waals surface area contributed by atoms with Gasteiger partial charge in [-0.1, -0.05) is 24.6 Å². The number of hydrogen-bond donors (Lipinski definition) is 2. The van der Waals surface area contributed by atoms with Gasteiger partial charge in [-0.15, -0.1) is 5.10 Å². The van der Waals surface area contributed by atoms with Crippen molar-refractivity contribution in [3.63, 3.8) is 0 Å². The molecule has 0 aliphatic carbocycles. The second-order valence-corrected chi connectivity index (χ2v) is 9.26. The quantitative estimate of drug-likeness (QED) is 0.413. The first kappa shape index (κ1) is 24.9. The summed E-state index contributed by atoms with van der Waals surface area (Å²) >= 11 is 0. The molecule has 0 saturated carbocycles. The molecule has 2 amide bonds. The maximum atomic E-state index is 13.4. The summed E-state index contributed by atoms with van der Waals surface area (Å²) in [6.07, 6.45) is 0.643. The number of rotatable bonds is 7. The Balaban J connectivity index is 1.83. The number of nitrogens with zero attached hydrogens (tertiary/aromatic N) is 4. The van der Waals surface area contributed by atoms with Crippen LogP contribution in [0.1, 0.15) is 48.7 Å². The first-order chi connectivity index (χ1) is 17.1. The Morgan fingerprint density at radius 3 is 2.47 bits per heavy atom. The summed E-state index contributed by atoms with van der Waals surface area (Å²) in [7, 11) is 0. The SMILES string of the molecule is CCCn1c(=O)c2ccc(C(=O)NC(C)C)cc2n2c(=O)n(CC(=O)Nc3ccc(C)cc3C)nc12. The van der Waals surface area contributed by atoms with Gasteiger partial charge in [0.15, 0.2) is 0 Å². The summed E-state index contributed by atoms with van der Waals surface area (Å²) in [6, 6.07) is 10.2. The van der Waals surface area contributed by atoms with Gasteiger partial charge < -0.3 is 10.6 Å². The highest BCUT2D eigenvalue weighted by Crippen LogP contribution is 2.17. The zero-order valence-corrected chi connectivity index (χ0v) is 21.1. The molecular formula is C26H30N6O4. The van der Waals surface area contributed by atoms with Crippen LogP contribution in [0.5, 0.6) is 0 Å². The molecule has 2 heterocycles. The molecule has 0 unspecified atom stereocenters. The van der Waals surface area contributed by atoms with Crippen molar-refractivity contribution in [1.29, 1.82) is 0 Å². The van der Waals surface area contributed by atoms with Crippen molar-refractivity contribution in [3.05, 3.63) is 73.9 Å². The molecule has 10 nitrogen and oxygen atoms in total. The average Bonchev–Trinajstić information content (AvgIpc) is 3.13. The molecule has 0 aliphatic rings. The van der Waals surface area contributed by atoms with E-state index in [0.29, 0.717) is 29.6 Å². The highest BCUT2D eigenvalue weighted by molar-refractivity contribution is 5.98. The molecule has 36 heavy (non-hydrogen) atoms. The van der Waals surface area contributed by atoms with Gasteiger partial charge >= 0.3 is 5.69 Å². The minimum Gasteiger partial charge on any atom is -0.350 e. The van der Waals surface area contributed by atoms with Crippen molar-refractivity contribution in [2.75, 3.05) is 5.32 Å². The van der Waals surface area contributed by atoms with Crippen LogP contribution in [-0.4, -0.2) is 36.6 Å². The molecule has 4 aromatic rings. The zero-order valence-electron chi connectivity index (χ0n) is 21.1. The highest BCUT2D eigenvalue weighted by atomic mass is 16.2. The standard InChI is InChI=1S/C26H30N6O4/c1-6-11-30-24(35)19-9-8-18(23(34)27-15(2)3)13-21(19)32-25(30)29-31(26(32)36)14-22(33)28-20-10-7-16(4)12-17(20)5/h7-10,12-13,15H,6,11,14H2,1-5H3,(H,27,34)(H,28,33). The Labute approximate surface area is 207 Å². The van der Waals surface area contributed by atoms with E-state index in [1.165, 1.54) is 15.0 Å². The third-order valence-electron chi connectivity index (χ3n) is 5.86. The van der Waals surface area contributed by atoms with Gasteiger partial charge in [0.05, 0.1) is 10.9 Å². The molecule has 0 fully saturated rings. The fourth-order valence-electron chi connectivity index (χ4n) is 4.21. The molecular weight excluding hydrogens is 460 g/mol. The van der Waals surface area contributed by atoms with Gasteiger partial charge in [-0.2, -0.15) is 0 Å². The van der Waals surface area contributed by atoms with Gasteiger partial charge in [-0.05, 0) is 63.9 Å². The lowest BCUT2D eigenvalue weighted by atomic mass is 10.1. The Morgan fingerprint density at radius 1 is 1.06 bits per heavy atom. The van der Waals surface area contributed by atoms with Crippen LogP contribution in [0.25, 0.3) is 16.7 Å². The summed E-state index contributed by atoms with van der Waals surface area (Å²) < 4.78 is 3.76. The van der Waals surface area contributed by atoms with Crippen molar-refractivity contribution in [2.24, 2.45) is 0 Å². The average molecular weight is 491 g/mol. The van der Waals surface area contributed by atoms with E-state index in [2.05, 4.69) is 15.7 Å². The van der Waals surface area contributed by atoms with Gasteiger partial charge in [0.2, 0.25) is 11.7 Å². The molecule has 2 N–H and O–H groups in total. The molecule has 0 aliphatic heterocycles.